The maximum absolute atomic E-state index is 11.6. The smallest absolute Gasteiger partial charge is 0.267 e. The van der Waals surface area contributed by atoms with E-state index in [1.54, 1.807) is 83.3 Å². The standard InChI is InChI=1S/C20H16N6O2.C20H15N5O2.ClH.H3NO/c1-12(25-28)15-4-2-5-16(23-15)13-8-9-14-11-22-26(18(14)10-13)19-7-3-6-17(24-19)20(21)27;1-12(26)15-4-2-5-16(23-15)13-8-9-14-11-22-25(18(14)10-13)19-7-3-6-17(24-19)20(21)27;;1-2/h2-11,28H,1H3,(H2,21,27);2-11H,1H3,(H2,21,27);1H;2H,1H2/b25-12+;;;. The number of primary amides is 2. The van der Waals surface area contributed by atoms with Crippen LogP contribution in [0, 0.1) is 0 Å². The number of nitrogens with two attached hydrogens (primary N) is 3. The lowest BCUT2D eigenvalue weighted by Crippen LogP contribution is -2.14. The first-order valence-corrected chi connectivity index (χ1v) is 17.0. The van der Waals surface area contributed by atoms with Crippen molar-refractivity contribution in [3.8, 4) is 34.2 Å². The normalized spacial score (nSPS) is 10.8. The molecule has 8 N–H and O–H groups in total. The Balaban J connectivity index is 0.000000209. The van der Waals surface area contributed by atoms with Crippen LogP contribution in [0.25, 0.3) is 56.0 Å². The van der Waals surface area contributed by atoms with Gasteiger partial charge < -0.3 is 21.9 Å². The summed E-state index contributed by atoms with van der Waals surface area (Å²) in [5.41, 5.74) is 17.2. The molecule has 0 radical (unpaired) electrons. The molecule has 0 saturated carbocycles. The van der Waals surface area contributed by atoms with E-state index in [1.165, 1.54) is 6.92 Å². The minimum Gasteiger partial charge on any atom is -0.411 e. The van der Waals surface area contributed by atoms with E-state index in [-0.39, 0.29) is 29.6 Å². The molecule has 2 amide bonds. The van der Waals surface area contributed by atoms with Crippen molar-refractivity contribution in [1.29, 1.82) is 0 Å². The number of carbonyl (C=O) groups is 3. The maximum atomic E-state index is 11.6. The van der Waals surface area contributed by atoms with E-state index in [4.69, 9.17) is 21.9 Å². The summed E-state index contributed by atoms with van der Waals surface area (Å²) in [5.74, 6) is 3.20. The van der Waals surface area contributed by atoms with Crippen molar-refractivity contribution in [2.75, 3.05) is 0 Å². The molecular formula is C40H35ClN12O5. The first-order valence-electron chi connectivity index (χ1n) is 17.0. The number of benzene rings is 2. The Morgan fingerprint density at radius 3 is 1.41 bits per heavy atom. The number of halogens is 1. The number of aromatic nitrogens is 8. The number of oxime groups is 1. The van der Waals surface area contributed by atoms with E-state index in [2.05, 4.69) is 41.2 Å². The van der Waals surface area contributed by atoms with Gasteiger partial charge in [0.15, 0.2) is 17.4 Å². The number of carbonyl (C=O) groups excluding carboxylic acids is 3. The summed E-state index contributed by atoms with van der Waals surface area (Å²) < 4.78 is 3.29. The topological polar surface area (TPSA) is 269 Å². The zero-order valence-corrected chi connectivity index (χ0v) is 31.6. The van der Waals surface area contributed by atoms with Crippen molar-refractivity contribution in [3.05, 3.63) is 144 Å². The van der Waals surface area contributed by atoms with Crippen molar-refractivity contribution in [2.24, 2.45) is 22.5 Å². The summed E-state index contributed by atoms with van der Waals surface area (Å²) in [6.45, 7) is 3.17. The van der Waals surface area contributed by atoms with Crippen molar-refractivity contribution in [1.82, 2.24) is 39.5 Å². The van der Waals surface area contributed by atoms with E-state index >= 15 is 0 Å². The molecule has 6 heterocycles. The van der Waals surface area contributed by atoms with Crippen LogP contribution in [-0.2, 0) is 0 Å². The highest BCUT2D eigenvalue weighted by Crippen LogP contribution is 2.27. The van der Waals surface area contributed by atoms with Gasteiger partial charge in [0.1, 0.15) is 22.8 Å². The first kappa shape index (κ1) is 41.4. The third-order valence-electron chi connectivity index (χ3n) is 8.52. The van der Waals surface area contributed by atoms with Crippen molar-refractivity contribution >= 4 is 57.5 Å². The molecule has 292 valence electrons. The molecule has 18 heteroatoms. The van der Waals surface area contributed by atoms with Crippen molar-refractivity contribution in [2.45, 2.75) is 13.8 Å². The highest BCUT2D eigenvalue weighted by atomic mass is 35.5. The van der Waals surface area contributed by atoms with Gasteiger partial charge in [0, 0.05) is 28.8 Å². The van der Waals surface area contributed by atoms with Gasteiger partial charge >= 0.3 is 0 Å². The Labute approximate surface area is 335 Å². The minimum absolute atomic E-state index is 0. The lowest BCUT2D eigenvalue weighted by molar-refractivity contribution is 0.0987. The summed E-state index contributed by atoms with van der Waals surface area (Å²) in [6.07, 6.45) is 3.45. The number of Topliss-reactive ketones (excluding diaryl/α,β-unsaturated/α-hetero) is 1. The van der Waals surface area contributed by atoms with Crippen LogP contribution in [0.5, 0.6) is 0 Å². The summed E-state index contributed by atoms with van der Waals surface area (Å²) in [5, 5.41) is 29.3. The summed E-state index contributed by atoms with van der Waals surface area (Å²) in [6, 6.07) is 32.5. The Kier molecular flexibility index (Phi) is 13.1. The number of rotatable bonds is 8. The van der Waals surface area contributed by atoms with Crippen LogP contribution < -0.4 is 17.4 Å². The average molecular weight is 799 g/mol. The second kappa shape index (κ2) is 18.3. The second-order valence-electron chi connectivity index (χ2n) is 12.2. The monoisotopic (exact) mass is 798 g/mol. The molecule has 2 aromatic carbocycles. The van der Waals surface area contributed by atoms with Crippen LogP contribution in [0.4, 0.5) is 0 Å². The van der Waals surface area contributed by atoms with Gasteiger partial charge in [-0.3, -0.25) is 14.4 Å². The largest absolute Gasteiger partial charge is 0.411 e. The molecule has 0 fully saturated rings. The number of fused-ring (bicyclic) bond motifs is 2. The molecule has 0 aliphatic heterocycles. The van der Waals surface area contributed by atoms with E-state index in [9.17, 15) is 14.4 Å². The van der Waals surface area contributed by atoms with E-state index in [0.29, 0.717) is 34.4 Å². The number of amides is 2. The highest BCUT2D eigenvalue weighted by Gasteiger charge is 2.13. The summed E-state index contributed by atoms with van der Waals surface area (Å²) in [7, 11) is 0. The highest BCUT2D eigenvalue weighted by molar-refractivity contribution is 5.97. The van der Waals surface area contributed by atoms with E-state index in [0.717, 1.165) is 38.6 Å². The van der Waals surface area contributed by atoms with Crippen LogP contribution in [0.15, 0.2) is 127 Å². The zero-order chi connectivity index (χ0) is 40.6. The Morgan fingerprint density at radius 1 is 0.569 bits per heavy atom. The average Bonchev–Trinajstić information content (AvgIpc) is 3.88. The minimum atomic E-state index is -0.598. The molecule has 0 aliphatic carbocycles. The lowest BCUT2D eigenvalue weighted by Gasteiger charge is -2.07. The molecular weight excluding hydrogens is 764 g/mol. The predicted molar refractivity (Wildman–Crippen MR) is 218 cm³/mol. The van der Waals surface area contributed by atoms with Gasteiger partial charge in [-0.2, -0.15) is 10.2 Å². The molecule has 0 saturated heterocycles. The summed E-state index contributed by atoms with van der Waals surface area (Å²) in [4.78, 5) is 52.0. The molecule has 0 spiro atoms. The van der Waals surface area contributed by atoms with Gasteiger partial charge in [-0.15, -0.1) is 12.4 Å². The first-order chi connectivity index (χ1) is 27.6. The molecule has 58 heavy (non-hydrogen) atoms. The van der Waals surface area contributed by atoms with Gasteiger partial charge in [-0.25, -0.2) is 35.2 Å². The Hall–Kier alpha value is -7.73. The predicted octanol–water partition coefficient (Wildman–Crippen LogP) is 5.32. The molecule has 8 rings (SSSR count). The van der Waals surface area contributed by atoms with Gasteiger partial charge in [-0.1, -0.05) is 53.7 Å². The SMILES string of the molecule is C/C(=N\O)c1cccc(-c2ccc3cnn(-c4cccc(C(N)=O)n4)c3c2)n1.CC(=O)c1cccc(-c2ccc3cnn(-c4cccc(C(N)=O)n4)c3c2)n1.Cl.NO. The van der Waals surface area contributed by atoms with Crippen LogP contribution in [-0.4, -0.2) is 73.2 Å². The van der Waals surface area contributed by atoms with Crippen molar-refractivity contribution in [3.63, 3.8) is 0 Å². The molecule has 0 bridgehead atoms. The second-order valence-corrected chi connectivity index (χ2v) is 12.2. The van der Waals surface area contributed by atoms with Crippen LogP contribution >= 0.6 is 12.4 Å². The molecule has 0 atom stereocenters. The van der Waals surface area contributed by atoms with Crippen molar-refractivity contribution < 1.29 is 24.8 Å². The van der Waals surface area contributed by atoms with Gasteiger partial charge in [0.2, 0.25) is 0 Å². The van der Waals surface area contributed by atoms with Crippen LogP contribution in [0.3, 0.4) is 0 Å². The van der Waals surface area contributed by atoms with E-state index in [1.807, 2.05) is 54.6 Å². The number of hydrogen-bond acceptors (Lipinski definition) is 13. The fraction of sp³-hybridized carbons (Fsp3) is 0.0500. The van der Waals surface area contributed by atoms with E-state index < -0.39 is 11.8 Å². The maximum Gasteiger partial charge on any atom is 0.267 e. The fourth-order valence-electron chi connectivity index (χ4n) is 5.72. The third-order valence-corrected chi connectivity index (χ3v) is 8.52. The molecule has 8 aromatic rings. The van der Waals surface area contributed by atoms with Crippen LogP contribution in [0.2, 0.25) is 0 Å². The van der Waals surface area contributed by atoms with Gasteiger partial charge in [0.05, 0.1) is 40.5 Å². The number of nitrogens with zero attached hydrogens (tertiary/aromatic N) is 9. The molecule has 0 unspecified atom stereocenters. The third kappa shape index (κ3) is 8.87. The Morgan fingerprint density at radius 2 is 0.983 bits per heavy atom. The number of pyridine rings is 4. The van der Waals surface area contributed by atoms with Crippen LogP contribution in [0.1, 0.15) is 51.0 Å². The molecule has 17 nitrogen and oxygen atoms in total. The number of hydrogen-bond donors (Lipinski definition) is 5. The molecule has 6 aromatic heterocycles. The Bertz CT molecular complexity index is 2820. The van der Waals surface area contributed by atoms with Gasteiger partial charge in [-0.05, 0) is 67.6 Å². The fourth-order valence-corrected chi connectivity index (χ4v) is 5.72. The quantitative estimate of drug-likeness (QED) is 0.0566. The number of ketones is 1. The lowest BCUT2D eigenvalue weighted by atomic mass is 10.1. The zero-order valence-electron chi connectivity index (χ0n) is 30.8. The van der Waals surface area contributed by atoms with Gasteiger partial charge in [0.25, 0.3) is 11.8 Å². The summed E-state index contributed by atoms with van der Waals surface area (Å²) >= 11 is 0. The molecule has 0 aliphatic rings.